The Labute approximate surface area is 159 Å². The van der Waals surface area contributed by atoms with E-state index in [9.17, 15) is 13.2 Å². The number of sulfonamides is 1. The average molecular weight is 398 g/mol. The Bertz CT molecular complexity index is 764. The van der Waals surface area contributed by atoms with Gasteiger partial charge in [-0.1, -0.05) is 12.1 Å². The quantitative estimate of drug-likeness (QED) is 0.641. The number of anilines is 1. The third-order valence-electron chi connectivity index (χ3n) is 4.82. The number of nitrogens with zero attached hydrogens (tertiary/aromatic N) is 2. The maximum atomic E-state index is 12.9. The number of ether oxygens (including phenoxy) is 2. The highest BCUT2D eigenvalue weighted by molar-refractivity contribution is 7.89. The van der Waals surface area contributed by atoms with Crippen molar-refractivity contribution < 1.29 is 22.7 Å². The van der Waals surface area contributed by atoms with Gasteiger partial charge in [-0.15, -0.1) is 0 Å². The summed E-state index contributed by atoms with van der Waals surface area (Å²) in [7, 11) is -1.95. The van der Waals surface area contributed by atoms with Gasteiger partial charge in [0.05, 0.1) is 19.4 Å². The number of benzene rings is 1. The lowest BCUT2D eigenvalue weighted by atomic mass is 10.2. The maximum absolute atomic E-state index is 12.9. The SMILES string of the molecule is CCOC(=O)C1CC(S(=O)(=O)N2CCN(c3ccccc3OC)CC2)NN1. The predicted octanol–water partition coefficient (Wildman–Crippen LogP) is -0.0973. The number of hydrogen-bond acceptors (Lipinski definition) is 8. The Morgan fingerprint density at radius 2 is 1.89 bits per heavy atom. The maximum Gasteiger partial charge on any atom is 0.324 e. The van der Waals surface area contributed by atoms with Gasteiger partial charge in [0.2, 0.25) is 10.0 Å². The molecular formula is C17H26N4O5S. The van der Waals surface area contributed by atoms with E-state index in [4.69, 9.17) is 9.47 Å². The van der Waals surface area contributed by atoms with Crippen LogP contribution in [0.5, 0.6) is 5.75 Å². The molecule has 0 radical (unpaired) electrons. The van der Waals surface area contributed by atoms with E-state index in [1.54, 1.807) is 14.0 Å². The summed E-state index contributed by atoms with van der Waals surface area (Å²) in [6.07, 6.45) is 0.147. The minimum absolute atomic E-state index is 0.147. The smallest absolute Gasteiger partial charge is 0.324 e. The van der Waals surface area contributed by atoms with Crippen molar-refractivity contribution in [3.8, 4) is 5.75 Å². The summed E-state index contributed by atoms with van der Waals surface area (Å²) < 4.78 is 37.6. The molecule has 3 rings (SSSR count). The van der Waals surface area contributed by atoms with Crippen LogP contribution in [0.15, 0.2) is 24.3 Å². The van der Waals surface area contributed by atoms with E-state index in [1.165, 1.54) is 4.31 Å². The van der Waals surface area contributed by atoms with Crippen molar-refractivity contribution in [3.63, 3.8) is 0 Å². The summed E-state index contributed by atoms with van der Waals surface area (Å²) in [5, 5.41) is -0.843. The van der Waals surface area contributed by atoms with Crippen molar-refractivity contribution in [2.75, 3.05) is 44.8 Å². The lowest BCUT2D eigenvalue weighted by molar-refractivity contribution is -0.145. The number of para-hydroxylation sites is 2. The summed E-state index contributed by atoms with van der Waals surface area (Å²) >= 11 is 0. The van der Waals surface area contributed by atoms with E-state index in [2.05, 4.69) is 15.8 Å². The van der Waals surface area contributed by atoms with Crippen LogP contribution < -0.4 is 20.5 Å². The van der Waals surface area contributed by atoms with E-state index in [0.717, 1.165) is 11.4 Å². The van der Waals surface area contributed by atoms with E-state index in [1.807, 2.05) is 24.3 Å². The number of esters is 1. The molecule has 0 spiro atoms. The van der Waals surface area contributed by atoms with Crippen LogP contribution in [0.3, 0.4) is 0 Å². The molecule has 2 heterocycles. The number of carbonyl (C=O) groups excluding carboxylic acids is 1. The van der Waals surface area contributed by atoms with Gasteiger partial charge in [-0.2, -0.15) is 4.31 Å². The van der Waals surface area contributed by atoms with Crippen LogP contribution in [0.4, 0.5) is 5.69 Å². The van der Waals surface area contributed by atoms with Crippen LogP contribution in [0, 0.1) is 0 Å². The molecule has 150 valence electrons. The molecule has 2 N–H and O–H groups in total. The molecule has 2 aliphatic heterocycles. The second-order valence-electron chi connectivity index (χ2n) is 6.42. The van der Waals surface area contributed by atoms with Crippen molar-refractivity contribution >= 4 is 21.7 Å². The topological polar surface area (TPSA) is 100 Å². The van der Waals surface area contributed by atoms with E-state index >= 15 is 0 Å². The fraction of sp³-hybridized carbons (Fsp3) is 0.588. The van der Waals surface area contributed by atoms with Crippen molar-refractivity contribution in [3.05, 3.63) is 24.3 Å². The Morgan fingerprint density at radius 3 is 2.56 bits per heavy atom. The Hall–Kier alpha value is -1.88. The van der Waals surface area contributed by atoms with E-state index < -0.39 is 27.4 Å². The first kappa shape index (κ1) is 19.9. The van der Waals surface area contributed by atoms with Crippen molar-refractivity contribution in [2.45, 2.75) is 24.8 Å². The number of carbonyl (C=O) groups is 1. The number of methoxy groups -OCH3 is 1. The molecule has 2 unspecified atom stereocenters. The Morgan fingerprint density at radius 1 is 1.19 bits per heavy atom. The fourth-order valence-corrected chi connectivity index (χ4v) is 5.06. The number of nitrogens with one attached hydrogen (secondary N) is 2. The van der Waals surface area contributed by atoms with Gasteiger partial charge >= 0.3 is 5.97 Å². The minimum atomic E-state index is -3.57. The molecule has 0 amide bonds. The second kappa shape index (κ2) is 8.42. The highest BCUT2D eigenvalue weighted by atomic mass is 32.2. The summed E-state index contributed by atoms with van der Waals surface area (Å²) in [4.78, 5) is 13.9. The third kappa shape index (κ3) is 4.18. The van der Waals surface area contributed by atoms with Crippen molar-refractivity contribution in [1.29, 1.82) is 0 Å². The molecule has 0 aliphatic carbocycles. The van der Waals surface area contributed by atoms with Crippen molar-refractivity contribution in [1.82, 2.24) is 15.2 Å². The molecule has 2 atom stereocenters. The van der Waals surface area contributed by atoms with Crippen LogP contribution in [0.25, 0.3) is 0 Å². The van der Waals surface area contributed by atoms with Gasteiger partial charge in [0.25, 0.3) is 0 Å². The predicted molar refractivity (Wildman–Crippen MR) is 101 cm³/mol. The van der Waals surface area contributed by atoms with Gasteiger partial charge in [-0.3, -0.25) is 4.79 Å². The number of piperazine rings is 1. The van der Waals surface area contributed by atoms with Crippen LogP contribution in [0.2, 0.25) is 0 Å². The summed E-state index contributed by atoms with van der Waals surface area (Å²) in [6.45, 7) is 3.88. The lowest BCUT2D eigenvalue weighted by Gasteiger charge is -2.36. The lowest BCUT2D eigenvalue weighted by Crippen LogP contribution is -2.53. The summed E-state index contributed by atoms with van der Waals surface area (Å²) in [5.41, 5.74) is 6.42. The molecule has 0 aromatic heterocycles. The molecule has 9 nitrogen and oxygen atoms in total. The molecular weight excluding hydrogens is 372 g/mol. The fourth-order valence-electron chi connectivity index (χ4n) is 3.37. The van der Waals surface area contributed by atoms with Crippen LogP contribution >= 0.6 is 0 Å². The molecule has 27 heavy (non-hydrogen) atoms. The molecule has 0 saturated carbocycles. The van der Waals surface area contributed by atoms with Gasteiger partial charge in [0.1, 0.15) is 17.2 Å². The normalized spacial score (nSPS) is 24.0. The second-order valence-corrected chi connectivity index (χ2v) is 8.54. The van der Waals surface area contributed by atoms with Gasteiger partial charge in [-0.25, -0.2) is 19.3 Å². The molecule has 10 heteroatoms. The zero-order valence-electron chi connectivity index (χ0n) is 15.6. The van der Waals surface area contributed by atoms with Crippen LogP contribution in [-0.2, 0) is 19.6 Å². The highest BCUT2D eigenvalue weighted by Crippen LogP contribution is 2.29. The molecule has 1 aromatic rings. The average Bonchev–Trinajstić information content (AvgIpc) is 3.19. The van der Waals surface area contributed by atoms with Gasteiger partial charge in [0.15, 0.2) is 0 Å². The zero-order valence-corrected chi connectivity index (χ0v) is 16.4. The first-order valence-electron chi connectivity index (χ1n) is 9.02. The number of rotatable bonds is 6. The van der Waals surface area contributed by atoms with E-state index in [-0.39, 0.29) is 13.0 Å². The zero-order chi connectivity index (χ0) is 19.4. The first-order chi connectivity index (χ1) is 13.0. The number of hydrogen-bond donors (Lipinski definition) is 2. The Balaban J connectivity index is 1.61. The van der Waals surface area contributed by atoms with Crippen LogP contribution in [-0.4, -0.2) is 70.0 Å². The Kier molecular flexibility index (Phi) is 6.20. The minimum Gasteiger partial charge on any atom is -0.495 e. The molecule has 2 aliphatic rings. The van der Waals surface area contributed by atoms with Gasteiger partial charge < -0.3 is 14.4 Å². The third-order valence-corrected chi connectivity index (χ3v) is 6.94. The van der Waals surface area contributed by atoms with Gasteiger partial charge in [0, 0.05) is 32.6 Å². The van der Waals surface area contributed by atoms with Gasteiger partial charge in [-0.05, 0) is 19.1 Å². The molecule has 1 aromatic carbocycles. The highest BCUT2D eigenvalue weighted by Gasteiger charge is 2.41. The first-order valence-corrected chi connectivity index (χ1v) is 10.5. The standard InChI is InChI=1S/C17H26N4O5S/c1-3-26-17(22)13-12-16(19-18-13)27(23,24)21-10-8-20(9-11-21)14-6-4-5-7-15(14)25-2/h4-7,13,16,18-19H,3,8-12H2,1-2H3. The van der Waals surface area contributed by atoms with Crippen LogP contribution in [0.1, 0.15) is 13.3 Å². The molecule has 2 fully saturated rings. The summed E-state index contributed by atoms with van der Waals surface area (Å²) in [6, 6.07) is 7.05. The van der Waals surface area contributed by atoms with Crippen molar-refractivity contribution in [2.24, 2.45) is 0 Å². The summed E-state index contributed by atoms with van der Waals surface area (Å²) in [5.74, 6) is 0.330. The monoisotopic (exact) mass is 398 g/mol. The number of hydrazine groups is 1. The molecule has 0 bridgehead atoms. The van der Waals surface area contributed by atoms with E-state index in [0.29, 0.717) is 26.2 Å². The molecule has 2 saturated heterocycles. The largest absolute Gasteiger partial charge is 0.495 e.